The first-order valence-electron chi connectivity index (χ1n) is 9.93. The van der Waals surface area contributed by atoms with Gasteiger partial charge in [-0.2, -0.15) is 4.31 Å². The van der Waals surface area contributed by atoms with E-state index in [1.165, 1.54) is 47.8 Å². The SMILES string of the molecule is CCOC(=O)c1ccc(S(=O)(=O)N2CCC(C(=O)Oc3ccc(C(=O)OC)cc3)CC2)o1. The van der Waals surface area contributed by atoms with Crippen LogP contribution in [0.1, 0.15) is 40.7 Å². The lowest BCUT2D eigenvalue weighted by molar-refractivity contribution is -0.140. The molecule has 1 fully saturated rings. The van der Waals surface area contributed by atoms with Crippen LogP contribution in [0.25, 0.3) is 0 Å². The Morgan fingerprint density at radius 2 is 1.69 bits per heavy atom. The lowest BCUT2D eigenvalue weighted by Gasteiger charge is -2.29. The van der Waals surface area contributed by atoms with Crippen LogP contribution >= 0.6 is 0 Å². The molecule has 0 amide bonds. The summed E-state index contributed by atoms with van der Waals surface area (Å²) in [6, 6.07) is 8.40. The van der Waals surface area contributed by atoms with Crippen molar-refractivity contribution < 1.29 is 41.4 Å². The van der Waals surface area contributed by atoms with E-state index in [1.807, 2.05) is 0 Å². The van der Waals surface area contributed by atoms with Gasteiger partial charge in [-0.3, -0.25) is 4.79 Å². The first-order valence-corrected chi connectivity index (χ1v) is 11.4. The first kappa shape index (κ1) is 23.5. The van der Waals surface area contributed by atoms with Gasteiger partial charge in [0.1, 0.15) is 5.75 Å². The number of nitrogens with zero attached hydrogens (tertiary/aromatic N) is 1. The summed E-state index contributed by atoms with van der Waals surface area (Å²) in [5, 5.41) is -0.354. The van der Waals surface area contributed by atoms with Crippen molar-refractivity contribution in [2.75, 3.05) is 26.8 Å². The van der Waals surface area contributed by atoms with Gasteiger partial charge in [-0.05, 0) is 56.2 Å². The number of carbonyl (C=O) groups excluding carboxylic acids is 3. The van der Waals surface area contributed by atoms with Gasteiger partial charge in [0.05, 0.1) is 25.2 Å². The standard InChI is InChI=1S/C21H23NO9S/c1-3-29-21(25)17-8-9-18(31-17)32(26,27)22-12-10-15(11-13-22)20(24)30-16-6-4-14(5-7-16)19(23)28-2/h4-9,15H,3,10-13H2,1-2H3. The van der Waals surface area contributed by atoms with Gasteiger partial charge in [0, 0.05) is 13.1 Å². The second-order valence-corrected chi connectivity index (χ2v) is 8.82. The number of ether oxygens (including phenoxy) is 3. The van der Waals surface area contributed by atoms with Gasteiger partial charge in [-0.25, -0.2) is 18.0 Å². The average molecular weight is 465 g/mol. The van der Waals surface area contributed by atoms with Crippen molar-refractivity contribution in [1.82, 2.24) is 4.31 Å². The molecule has 0 aliphatic carbocycles. The summed E-state index contributed by atoms with van der Waals surface area (Å²) < 4.78 is 46.7. The fraction of sp³-hybridized carbons (Fsp3) is 0.381. The van der Waals surface area contributed by atoms with Crippen LogP contribution in [0.3, 0.4) is 0 Å². The third kappa shape index (κ3) is 5.17. The van der Waals surface area contributed by atoms with E-state index in [9.17, 15) is 22.8 Å². The molecule has 1 aliphatic rings. The summed E-state index contributed by atoms with van der Waals surface area (Å²) >= 11 is 0. The molecule has 32 heavy (non-hydrogen) atoms. The Labute approximate surface area is 185 Å². The number of carbonyl (C=O) groups is 3. The van der Waals surface area contributed by atoms with Crippen molar-refractivity contribution in [1.29, 1.82) is 0 Å². The molecule has 10 nitrogen and oxygen atoms in total. The minimum atomic E-state index is -3.95. The van der Waals surface area contributed by atoms with Crippen molar-refractivity contribution in [2.24, 2.45) is 5.92 Å². The zero-order chi connectivity index (χ0) is 23.3. The molecule has 172 valence electrons. The fourth-order valence-electron chi connectivity index (χ4n) is 3.21. The average Bonchev–Trinajstić information content (AvgIpc) is 3.31. The molecule has 0 radical (unpaired) electrons. The molecule has 3 rings (SSSR count). The molecule has 2 heterocycles. The predicted octanol–water partition coefficient (Wildman–Crippen LogP) is 2.25. The van der Waals surface area contributed by atoms with Crippen molar-refractivity contribution in [3.8, 4) is 5.75 Å². The molecule has 1 aliphatic heterocycles. The maximum atomic E-state index is 12.8. The Bertz CT molecular complexity index is 1080. The zero-order valence-corrected chi connectivity index (χ0v) is 18.4. The van der Waals surface area contributed by atoms with Gasteiger partial charge in [0.2, 0.25) is 10.9 Å². The number of esters is 3. The van der Waals surface area contributed by atoms with Crippen molar-refractivity contribution >= 4 is 27.9 Å². The second-order valence-electron chi connectivity index (χ2n) is 6.95. The van der Waals surface area contributed by atoms with Gasteiger partial charge < -0.3 is 18.6 Å². The summed E-state index contributed by atoms with van der Waals surface area (Å²) in [5.74, 6) is -2.11. The van der Waals surface area contributed by atoms with Crippen LogP contribution in [0, 0.1) is 5.92 Å². The van der Waals surface area contributed by atoms with Crippen LogP contribution in [0.15, 0.2) is 45.9 Å². The molecule has 0 saturated carbocycles. The number of rotatable bonds is 7. The summed E-state index contributed by atoms with van der Waals surface area (Å²) in [6.45, 7) is 1.96. The summed E-state index contributed by atoms with van der Waals surface area (Å²) in [5.41, 5.74) is 0.329. The minimum absolute atomic E-state index is 0.0960. The van der Waals surface area contributed by atoms with E-state index in [0.717, 1.165) is 0 Å². The van der Waals surface area contributed by atoms with Crippen LogP contribution < -0.4 is 4.74 Å². The number of furan rings is 1. The van der Waals surface area contributed by atoms with Gasteiger partial charge in [-0.15, -0.1) is 0 Å². The van der Waals surface area contributed by atoms with E-state index < -0.39 is 33.8 Å². The molecule has 1 saturated heterocycles. The zero-order valence-electron chi connectivity index (χ0n) is 17.6. The van der Waals surface area contributed by atoms with Crippen LogP contribution in [-0.4, -0.2) is 57.4 Å². The van der Waals surface area contributed by atoms with E-state index in [4.69, 9.17) is 13.9 Å². The number of hydrogen-bond donors (Lipinski definition) is 0. The highest BCUT2D eigenvalue weighted by Gasteiger charge is 2.35. The van der Waals surface area contributed by atoms with Crippen molar-refractivity contribution in [2.45, 2.75) is 24.9 Å². The Morgan fingerprint density at radius 3 is 2.28 bits per heavy atom. The lowest BCUT2D eigenvalue weighted by atomic mass is 9.98. The highest BCUT2D eigenvalue weighted by Crippen LogP contribution is 2.26. The van der Waals surface area contributed by atoms with Gasteiger partial charge in [0.15, 0.2) is 0 Å². The predicted molar refractivity (Wildman–Crippen MR) is 110 cm³/mol. The largest absolute Gasteiger partial charge is 0.465 e. The normalized spacial score (nSPS) is 15.2. The molecular formula is C21H23NO9S. The topological polar surface area (TPSA) is 129 Å². The molecule has 0 bridgehead atoms. The summed E-state index contributed by atoms with van der Waals surface area (Å²) in [6.07, 6.45) is 0.535. The summed E-state index contributed by atoms with van der Waals surface area (Å²) in [4.78, 5) is 35.6. The second kappa shape index (κ2) is 9.96. The molecule has 11 heteroatoms. The molecule has 0 spiro atoms. The Hall–Kier alpha value is -3.18. The minimum Gasteiger partial charge on any atom is -0.465 e. The molecular weight excluding hydrogens is 442 g/mol. The smallest absolute Gasteiger partial charge is 0.374 e. The molecule has 0 unspecified atom stereocenters. The molecule has 1 aromatic carbocycles. The molecule has 1 aromatic heterocycles. The Kier molecular flexibility index (Phi) is 7.31. The van der Waals surface area contributed by atoms with Gasteiger partial charge in [0.25, 0.3) is 10.0 Å². The summed E-state index contributed by atoms with van der Waals surface area (Å²) in [7, 11) is -2.68. The quantitative estimate of drug-likeness (QED) is 0.446. The monoisotopic (exact) mass is 465 g/mol. The fourth-order valence-corrected chi connectivity index (χ4v) is 4.59. The number of benzene rings is 1. The number of piperidine rings is 1. The van der Waals surface area contributed by atoms with Crippen LogP contribution in [-0.2, 0) is 24.3 Å². The van der Waals surface area contributed by atoms with Gasteiger partial charge >= 0.3 is 17.9 Å². The maximum Gasteiger partial charge on any atom is 0.374 e. The molecule has 0 N–H and O–H groups in total. The van der Waals surface area contributed by atoms with E-state index in [-0.39, 0.29) is 49.1 Å². The van der Waals surface area contributed by atoms with Crippen LogP contribution in [0.2, 0.25) is 0 Å². The third-order valence-electron chi connectivity index (χ3n) is 4.93. The van der Waals surface area contributed by atoms with E-state index >= 15 is 0 Å². The van der Waals surface area contributed by atoms with Crippen molar-refractivity contribution in [3.05, 3.63) is 47.7 Å². The van der Waals surface area contributed by atoms with E-state index in [2.05, 4.69) is 4.74 Å². The number of hydrogen-bond acceptors (Lipinski definition) is 9. The Morgan fingerprint density at radius 1 is 1.03 bits per heavy atom. The highest BCUT2D eigenvalue weighted by atomic mass is 32.2. The lowest BCUT2D eigenvalue weighted by Crippen LogP contribution is -2.41. The highest BCUT2D eigenvalue weighted by molar-refractivity contribution is 7.89. The number of sulfonamides is 1. The molecule has 2 aromatic rings. The Balaban J connectivity index is 1.57. The van der Waals surface area contributed by atoms with E-state index in [0.29, 0.717) is 5.56 Å². The first-order chi connectivity index (χ1) is 15.3. The number of methoxy groups -OCH3 is 1. The third-order valence-corrected chi connectivity index (χ3v) is 6.71. The maximum absolute atomic E-state index is 12.8. The van der Waals surface area contributed by atoms with Crippen LogP contribution in [0.5, 0.6) is 5.75 Å². The van der Waals surface area contributed by atoms with Gasteiger partial charge in [-0.1, -0.05) is 0 Å². The van der Waals surface area contributed by atoms with E-state index in [1.54, 1.807) is 6.92 Å². The molecule has 0 atom stereocenters. The van der Waals surface area contributed by atoms with Crippen molar-refractivity contribution in [3.63, 3.8) is 0 Å². The van der Waals surface area contributed by atoms with Crippen LogP contribution in [0.4, 0.5) is 0 Å².